The van der Waals surface area contributed by atoms with Crippen LogP contribution in [0.1, 0.15) is 23.7 Å². The van der Waals surface area contributed by atoms with Crippen LogP contribution in [0.4, 0.5) is 5.69 Å². The summed E-state index contributed by atoms with van der Waals surface area (Å²) in [5, 5.41) is 19.2. The summed E-state index contributed by atoms with van der Waals surface area (Å²) in [6, 6.07) is 3.68. The molecule has 0 heterocycles. The van der Waals surface area contributed by atoms with Crippen molar-refractivity contribution in [3.8, 4) is 5.75 Å². The van der Waals surface area contributed by atoms with Gasteiger partial charge in [0.1, 0.15) is 0 Å². The van der Waals surface area contributed by atoms with E-state index < -0.39 is 23.2 Å². The third-order valence-electron chi connectivity index (χ3n) is 2.15. The van der Waals surface area contributed by atoms with E-state index in [2.05, 4.69) is 0 Å². The molecule has 0 aliphatic carbocycles. The maximum absolute atomic E-state index is 11.4. The van der Waals surface area contributed by atoms with Crippen molar-refractivity contribution in [2.45, 2.75) is 13.3 Å². The van der Waals surface area contributed by atoms with Crippen LogP contribution in [0, 0.1) is 10.1 Å². The molecule has 0 radical (unpaired) electrons. The van der Waals surface area contributed by atoms with Crippen molar-refractivity contribution >= 4 is 17.4 Å². The molecule has 0 saturated heterocycles. The van der Waals surface area contributed by atoms with Crippen molar-refractivity contribution in [2.75, 3.05) is 6.61 Å². The van der Waals surface area contributed by atoms with Gasteiger partial charge in [-0.2, -0.15) is 0 Å². The van der Waals surface area contributed by atoms with Crippen LogP contribution in [0.5, 0.6) is 5.75 Å². The summed E-state index contributed by atoms with van der Waals surface area (Å²) >= 11 is 0. The number of hydrogen-bond donors (Lipinski definition) is 1. The highest BCUT2D eigenvalue weighted by molar-refractivity contribution is 5.96. The zero-order valence-electron chi connectivity index (χ0n) is 9.58. The number of nitro groups is 1. The molecule has 0 fully saturated rings. The van der Waals surface area contributed by atoms with Crippen molar-refractivity contribution in [3.05, 3.63) is 33.9 Å². The van der Waals surface area contributed by atoms with Gasteiger partial charge >= 0.3 is 11.7 Å². The van der Waals surface area contributed by atoms with Crippen molar-refractivity contribution in [2.24, 2.45) is 0 Å². The van der Waals surface area contributed by atoms with E-state index in [0.717, 1.165) is 6.07 Å². The lowest BCUT2D eigenvalue weighted by Gasteiger charge is -2.05. The van der Waals surface area contributed by atoms with E-state index >= 15 is 0 Å². The number of nitrogens with zero attached hydrogens (tertiary/aromatic N) is 1. The first kappa shape index (κ1) is 13.6. The SMILES string of the molecule is CCC(=O)c1ccc(OCC(=O)O)c([N+](=O)[O-])c1. The van der Waals surface area contributed by atoms with Crippen LogP contribution < -0.4 is 4.74 Å². The quantitative estimate of drug-likeness (QED) is 0.469. The predicted molar refractivity (Wildman–Crippen MR) is 60.8 cm³/mol. The first-order chi connectivity index (χ1) is 8.45. The van der Waals surface area contributed by atoms with E-state index in [1.165, 1.54) is 12.1 Å². The number of carbonyl (C=O) groups is 2. The lowest BCUT2D eigenvalue weighted by atomic mass is 10.1. The van der Waals surface area contributed by atoms with Crippen LogP contribution in [0.2, 0.25) is 0 Å². The Kier molecular flexibility index (Phi) is 4.36. The molecule has 0 saturated carbocycles. The molecule has 0 amide bonds. The first-order valence-corrected chi connectivity index (χ1v) is 5.12. The topological polar surface area (TPSA) is 107 Å². The molecule has 0 aliphatic heterocycles. The number of nitro benzene ring substituents is 1. The zero-order valence-corrected chi connectivity index (χ0v) is 9.58. The molecule has 1 N–H and O–H groups in total. The van der Waals surface area contributed by atoms with Crippen LogP contribution in [0.15, 0.2) is 18.2 Å². The number of ketones is 1. The molecule has 1 aromatic rings. The molecule has 18 heavy (non-hydrogen) atoms. The second-order valence-electron chi connectivity index (χ2n) is 3.40. The monoisotopic (exact) mass is 253 g/mol. The predicted octanol–water partition coefficient (Wildman–Crippen LogP) is 1.65. The number of hydrogen-bond acceptors (Lipinski definition) is 5. The third-order valence-corrected chi connectivity index (χ3v) is 2.15. The normalized spacial score (nSPS) is 9.83. The zero-order chi connectivity index (χ0) is 13.7. The van der Waals surface area contributed by atoms with Gasteiger partial charge in [0.05, 0.1) is 4.92 Å². The number of carboxylic acids is 1. The average Bonchev–Trinajstić information content (AvgIpc) is 2.34. The van der Waals surface area contributed by atoms with E-state index in [9.17, 15) is 19.7 Å². The minimum Gasteiger partial charge on any atom is -0.479 e. The molecule has 0 spiro atoms. The first-order valence-electron chi connectivity index (χ1n) is 5.12. The summed E-state index contributed by atoms with van der Waals surface area (Å²) in [5.74, 6) is -1.64. The molecule has 7 nitrogen and oxygen atoms in total. The van der Waals surface area contributed by atoms with Gasteiger partial charge in [0, 0.05) is 18.1 Å². The van der Waals surface area contributed by atoms with Crippen molar-refractivity contribution in [1.82, 2.24) is 0 Å². The molecule has 0 atom stereocenters. The Balaban J connectivity index is 3.08. The van der Waals surface area contributed by atoms with Gasteiger partial charge in [-0.3, -0.25) is 14.9 Å². The summed E-state index contributed by atoms with van der Waals surface area (Å²) in [6.45, 7) is 0.963. The number of aliphatic carboxylic acids is 1. The minimum absolute atomic E-state index is 0.171. The van der Waals surface area contributed by atoms with E-state index in [-0.39, 0.29) is 23.5 Å². The van der Waals surface area contributed by atoms with Gasteiger partial charge in [-0.05, 0) is 12.1 Å². The summed E-state index contributed by atoms with van der Waals surface area (Å²) in [4.78, 5) is 31.8. The van der Waals surface area contributed by atoms with E-state index in [0.29, 0.717) is 0 Å². The van der Waals surface area contributed by atoms with Crippen LogP contribution in [0.3, 0.4) is 0 Å². The maximum atomic E-state index is 11.4. The van der Waals surface area contributed by atoms with Gasteiger partial charge in [-0.25, -0.2) is 4.79 Å². The lowest BCUT2D eigenvalue weighted by Crippen LogP contribution is -2.10. The maximum Gasteiger partial charge on any atom is 0.341 e. The number of Topliss-reactive ketones (excluding diaryl/α,β-unsaturated/α-hetero) is 1. The smallest absolute Gasteiger partial charge is 0.341 e. The van der Waals surface area contributed by atoms with Gasteiger partial charge in [-0.1, -0.05) is 6.92 Å². The van der Waals surface area contributed by atoms with Gasteiger partial charge < -0.3 is 9.84 Å². The minimum atomic E-state index is -1.24. The summed E-state index contributed by atoms with van der Waals surface area (Å²) < 4.78 is 4.78. The van der Waals surface area contributed by atoms with Gasteiger partial charge in [-0.15, -0.1) is 0 Å². The Bertz CT molecular complexity index is 496. The number of ether oxygens (including phenoxy) is 1. The van der Waals surface area contributed by atoms with Crippen molar-refractivity contribution < 1.29 is 24.4 Å². The molecular formula is C11H11NO6. The Hall–Kier alpha value is -2.44. The van der Waals surface area contributed by atoms with E-state index in [1.807, 2.05) is 0 Å². The van der Waals surface area contributed by atoms with E-state index in [1.54, 1.807) is 6.92 Å². The van der Waals surface area contributed by atoms with Crippen molar-refractivity contribution in [1.29, 1.82) is 0 Å². The lowest BCUT2D eigenvalue weighted by molar-refractivity contribution is -0.385. The van der Waals surface area contributed by atoms with Gasteiger partial charge in [0.15, 0.2) is 18.1 Å². The number of rotatable bonds is 6. The fraction of sp³-hybridized carbons (Fsp3) is 0.273. The van der Waals surface area contributed by atoms with Gasteiger partial charge in [0.2, 0.25) is 0 Å². The Labute approximate surface area is 102 Å². The molecule has 7 heteroatoms. The van der Waals surface area contributed by atoms with Gasteiger partial charge in [0.25, 0.3) is 0 Å². The highest BCUT2D eigenvalue weighted by atomic mass is 16.6. The Morgan fingerprint density at radius 2 is 2.11 bits per heavy atom. The fourth-order valence-corrected chi connectivity index (χ4v) is 1.30. The highest BCUT2D eigenvalue weighted by Crippen LogP contribution is 2.28. The summed E-state index contributed by atoms with van der Waals surface area (Å²) in [7, 11) is 0. The Morgan fingerprint density at radius 3 is 2.61 bits per heavy atom. The highest BCUT2D eigenvalue weighted by Gasteiger charge is 2.18. The summed E-state index contributed by atoms with van der Waals surface area (Å²) in [6.07, 6.45) is 0.229. The second-order valence-corrected chi connectivity index (χ2v) is 3.40. The van der Waals surface area contributed by atoms with Crippen LogP contribution >= 0.6 is 0 Å². The molecule has 0 unspecified atom stereocenters. The van der Waals surface area contributed by atoms with Crippen LogP contribution in [0.25, 0.3) is 0 Å². The number of carbonyl (C=O) groups excluding carboxylic acids is 1. The fourth-order valence-electron chi connectivity index (χ4n) is 1.30. The molecular weight excluding hydrogens is 242 g/mol. The molecule has 0 aliphatic rings. The van der Waals surface area contributed by atoms with Crippen molar-refractivity contribution in [3.63, 3.8) is 0 Å². The molecule has 1 rings (SSSR count). The molecule has 96 valence electrons. The summed E-state index contributed by atoms with van der Waals surface area (Å²) in [5.41, 5.74) is -0.220. The number of carboxylic acid groups (broad SMARTS) is 1. The largest absolute Gasteiger partial charge is 0.479 e. The molecule has 1 aromatic carbocycles. The molecule has 0 bridgehead atoms. The van der Waals surface area contributed by atoms with E-state index in [4.69, 9.17) is 9.84 Å². The Morgan fingerprint density at radius 1 is 1.44 bits per heavy atom. The third kappa shape index (κ3) is 3.27. The van der Waals surface area contributed by atoms with Crippen LogP contribution in [-0.4, -0.2) is 28.4 Å². The van der Waals surface area contributed by atoms with Crippen LogP contribution in [-0.2, 0) is 4.79 Å². The average molecular weight is 253 g/mol. The standard InChI is InChI=1S/C11H11NO6/c1-2-9(13)7-3-4-10(18-6-11(14)15)8(5-7)12(16)17/h3-5H,2,6H2,1H3,(H,14,15). The second kappa shape index (κ2) is 5.76. The molecule has 0 aromatic heterocycles. The number of benzene rings is 1.